The third kappa shape index (κ3) is 4.71. The Hall–Kier alpha value is -3.27. The molecule has 3 N–H and O–H groups in total. The molecule has 10 heteroatoms. The van der Waals surface area contributed by atoms with Crippen molar-refractivity contribution in [1.29, 1.82) is 0 Å². The number of aryl methyl sites for hydroxylation is 1. The fourth-order valence-electron chi connectivity index (χ4n) is 3.05. The van der Waals surface area contributed by atoms with Gasteiger partial charge in [0, 0.05) is 38.4 Å². The molecule has 2 heterocycles. The Bertz CT molecular complexity index is 965. The molecule has 1 fully saturated rings. The first-order valence-electron chi connectivity index (χ1n) is 8.46. The Kier molecular flexibility index (Phi) is 6.47. The van der Waals surface area contributed by atoms with E-state index in [9.17, 15) is 19.5 Å². The van der Waals surface area contributed by atoms with E-state index in [0.29, 0.717) is 10.8 Å². The van der Waals surface area contributed by atoms with Gasteiger partial charge in [0.15, 0.2) is 5.69 Å². The molecule has 0 spiro atoms. The van der Waals surface area contributed by atoms with Gasteiger partial charge in [0.25, 0.3) is 17.4 Å². The van der Waals surface area contributed by atoms with E-state index in [4.69, 9.17) is 15.0 Å². The molecule has 3 rings (SSSR count). The molecule has 1 saturated heterocycles. The van der Waals surface area contributed by atoms with Crippen molar-refractivity contribution in [3.05, 3.63) is 40.3 Å². The highest BCUT2D eigenvalue weighted by Gasteiger charge is 2.36. The number of rotatable bonds is 3. The van der Waals surface area contributed by atoms with Crippen LogP contribution in [0.1, 0.15) is 23.8 Å². The maximum atomic E-state index is 12.8. The maximum absolute atomic E-state index is 12.8. The molecule has 0 aliphatic carbocycles. The number of amides is 1. The Balaban J connectivity index is 0.000000640. The predicted molar refractivity (Wildman–Crippen MR) is 97.9 cm³/mol. The molecule has 2 atom stereocenters. The highest BCUT2D eigenvalue weighted by atomic mass is 16.4. The van der Waals surface area contributed by atoms with Crippen LogP contribution in [-0.2, 0) is 16.6 Å². The molecule has 1 aliphatic rings. The van der Waals surface area contributed by atoms with Crippen molar-refractivity contribution in [2.45, 2.75) is 19.4 Å². The van der Waals surface area contributed by atoms with Crippen molar-refractivity contribution < 1.29 is 29.7 Å². The number of hydrogen-bond acceptors (Lipinski definition) is 6. The lowest BCUT2D eigenvalue weighted by Crippen LogP contribution is -2.33. The Morgan fingerprint density at radius 3 is 2.29 bits per heavy atom. The van der Waals surface area contributed by atoms with Gasteiger partial charge in [-0.3, -0.25) is 19.2 Å². The highest BCUT2D eigenvalue weighted by molar-refractivity contribution is 6.04. The number of carboxylic acids is 2. The molecule has 1 aromatic carbocycles. The van der Waals surface area contributed by atoms with Gasteiger partial charge in [-0.1, -0.05) is 18.2 Å². The lowest BCUT2D eigenvalue weighted by Gasteiger charge is -2.16. The average molecular weight is 391 g/mol. The summed E-state index contributed by atoms with van der Waals surface area (Å²) < 4.78 is 1.11. The van der Waals surface area contributed by atoms with E-state index in [-0.39, 0.29) is 30.8 Å². The maximum Gasteiger partial charge on any atom is 0.303 e. The van der Waals surface area contributed by atoms with E-state index in [0.717, 1.165) is 11.6 Å². The lowest BCUT2D eigenvalue weighted by atomic mass is 10.0. The standard InChI is InChI=1S/C16H17N3O5.C2H4O2/c1-18-15(23)11-5-3-2-4-10(11)14(17-18)16(24)19-7-9(6-13(21)22)12(20)8-19;1-2(3)4/h2-5,9,12,20H,6-8H2,1H3,(H,21,22);1H3,(H,3,4)/t9-,12-;/m1./s1. The molecule has 1 aromatic heterocycles. The number of carbonyl (C=O) groups excluding carboxylic acids is 1. The second kappa shape index (κ2) is 8.61. The van der Waals surface area contributed by atoms with Gasteiger partial charge in [-0.25, -0.2) is 4.68 Å². The number of likely N-dealkylation sites (tertiary alicyclic amines) is 1. The molecular weight excluding hydrogens is 370 g/mol. The number of aliphatic hydroxyl groups excluding tert-OH is 1. The largest absolute Gasteiger partial charge is 0.481 e. The van der Waals surface area contributed by atoms with E-state index in [2.05, 4.69) is 5.10 Å². The van der Waals surface area contributed by atoms with Gasteiger partial charge in [-0.2, -0.15) is 5.10 Å². The van der Waals surface area contributed by atoms with E-state index < -0.39 is 29.9 Å². The van der Waals surface area contributed by atoms with Crippen molar-refractivity contribution in [1.82, 2.24) is 14.7 Å². The lowest BCUT2D eigenvalue weighted by molar-refractivity contribution is -0.138. The minimum Gasteiger partial charge on any atom is -0.481 e. The summed E-state index contributed by atoms with van der Waals surface area (Å²) >= 11 is 0. The van der Waals surface area contributed by atoms with Crippen LogP contribution in [0.25, 0.3) is 10.8 Å². The number of aromatic nitrogens is 2. The Morgan fingerprint density at radius 1 is 1.14 bits per heavy atom. The van der Waals surface area contributed by atoms with Crippen molar-refractivity contribution in [2.24, 2.45) is 13.0 Å². The molecule has 150 valence electrons. The number of fused-ring (bicyclic) bond motifs is 1. The number of aliphatic hydroxyl groups is 1. The van der Waals surface area contributed by atoms with Gasteiger partial charge >= 0.3 is 5.97 Å². The van der Waals surface area contributed by atoms with Crippen LogP contribution < -0.4 is 5.56 Å². The smallest absolute Gasteiger partial charge is 0.303 e. The first-order valence-corrected chi connectivity index (χ1v) is 8.46. The zero-order valence-electron chi connectivity index (χ0n) is 15.4. The van der Waals surface area contributed by atoms with Gasteiger partial charge < -0.3 is 20.2 Å². The minimum atomic E-state index is -1.01. The van der Waals surface area contributed by atoms with E-state index in [1.807, 2.05) is 0 Å². The molecule has 10 nitrogen and oxygen atoms in total. The first kappa shape index (κ1) is 21.0. The van der Waals surface area contributed by atoms with Crippen LogP contribution >= 0.6 is 0 Å². The Morgan fingerprint density at radius 2 is 1.71 bits per heavy atom. The first-order chi connectivity index (χ1) is 13.1. The minimum absolute atomic E-state index is 0.0512. The molecule has 2 aromatic rings. The second-order valence-electron chi connectivity index (χ2n) is 6.48. The van der Waals surface area contributed by atoms with Crippen LogP contribution in [0, 0.1) is 5.92 Å². The van der Waals surface area contributed by atoms with Crippen molar-refractivity contribution in [3.63, 3.8) is 0 Å². The Labute approximate surface area is 159 Å². The quantitative estimate of drug-likeness (QED) is 0.658. The number of β-amino-alcohol motifs (C(OH)–C–C–N with tert-alkyl or cyclic N) is 1. The number of carboxylic acid groups (broad SMARTS) is 2. The summed E-state index contributed by atoms with van der Waals surface area (Å²) in [5, 5.41) is 31.2. The number of nitrogens with zero attached hydrogens (tertiary/aromatic N) is 3. The molecular formula is C18H21N3O7. The van der Waals surface area contributed by atoms with Crippen LogP contribution in [0.3, 0.4) is 0 Å². The molecule has 0 unspecified atom stereocenters. The second-order valence-corrected chi connectivity index (χ2v) is 6.48. The van der Waals surface area contributed by atoms with Crippen LogP contribution in [0.5, 0.6) is 0 Å². The molecule has 0 saturated carbocycles. The fraction of sp³-hybridized carbons (Fsp3) is 0.389. The van der Waals surface area contributed by atoms with Crippen LogP contribution in [0.15, 0.2) is 29.1 Å². The monoisotopic (exact) mass is 391 g/mol. The van der Waals surface area contributed by atoms with Crippen molar-refractivity contribution in [2.75, 3.05) is 13.1 Å². The molecule has 1 amide bonds. The summed E-state index contributed by atoms with van der Waals surface area (Å²) in [6.45, 7) is 1.28. The fourth-order valence-corrected chi connectivity index (χ4v) is 3.05. The van der Waals surface area contributed by atoms with E-state index in [1.165, 1.54) is 11.9 Å². The highest BCUT2D eigenvalue weighted by Crippen LogP contribution is 2.23. The van der Waals surface area contributed by atoms with Gasteiger partial charge in [0.2, 0.25) is 0 Å². The summed E-state index contributed by atoms with van der Waals surface area (Å²) in [5.41, 5.74) is -0.178. The van der Waals surface area contributed by atoms with Crippen molar-refractivity contribution >= 4 is 28.6 Å². The zero-order valence-corrected chi connectivity index (χ0v) is 15.4. The SMILES string of the molecule is CC(=O)O.Cn1nc(C(=O)N2C[C@@H](CC(=O)O)[C@H](O)C2)c2ccccc2c1=O. The number of hydrogen-bond donors (Lipinski definition) is 3. The molecule has 0 bridgehead atoms. The van der Waals surface area contributed by atoms with Gasteiger partial charge in [-0.15, -0.1) is 0 Å². The molecule has 0 radical (unpaired) electrons. The average Bonchev–Trinajstić information content (AvgIpc) is 2.97. The van der Waals surface area contributed by atoms with Crippen LogP contribution in [0.4, 0.5) is 0 Å². The number of carbonyl (C=O) groups is 3. The summed E-state index contributed by atoms with van der Waals surface area (Å²) in [4.78, 5) is 46.1. The third-order valence-corrected chi connectivity index (χ3v) is 4.29. The zero-order chi connectivity index (χ0) is 21.0. The van der Waals surface area contributed by atoms with Gasteiger partial charge in [0.1, 0.15) is 0 Å². The summed E-state index contributed by atoms with van der Waals surface area (Å²) in [6.07, 6.45) is -1.09. The van der Waals surface area contributed by atoms with Gasteiger partial charge in [0.05, 0.1) is 17.9 Å². The topological polar surface area (TPSA) is 150 Å². The molecule has 28 heavy (non-hydrogen) atoms. The summed E-state index contributed by atoms with van der Waals surface area (Å²) in [7, 11) is 1.47. The van der Waals surface area contributed by atoms with Crippen molar-refractivity contribution in [3.8, 4) is 0 Å². The summed E-state index contributed by atoms with van der Waals surface area (Å²) in [5.74, 6) is -2.78. The van der Waals surface area contributed by atoms with E-state index >= 15 is 0 Å². The predicted octanol–water partition coefficient (Wildman–Crippen LogP) is -0.0680. The van der Waals surface area contributed by atoms with Crippen LogP contribution in [-0.4, -0.2) is 67.0 Å². The van der Waals surface area contributed by atoms with Gasteiger partial charge in [-0.05, 0) is 6.07 Å². The number of aliphatic carboxylic acids is 2. The summed E-state index contributed by atoms with van der Waals surface area (Å²) in [6, 6.07) is 6.70. The normalized spacial score (nSPS) is 18.5. The van der Waals surface area contributed by atoms with Crippen LogP contribution in [0.2, 0.25) is 0 Å². The number of benzene rings is 1. The van der Waals surface area contributed by atoms with E-state index in [1.54, 1.807) is 24.3 Å². The molecule has 1 aliphatic heterocycles. The third-order valence-electron chi connectivity index (χ3n) is 4.29.